The molecule has 0 spiro atoms. The molecule has 82 valence electrons. The van der Waals surface area contributed by atoms with E-state index in [1.807, 2.05) is 24.3 Å². The second-order valence-electron chi connectivity index (χ2n) is 3.68. The molecule has 1 heterocycles. The maximum absolute atomic E-state index is 6.05. The highest BCUT2D eigenvalue weighted by Crippen LogP contribution is 2.20. The van der Waals surface area contributed by atoms with Gasteiger partial charge in [-0.1, -0.05) is 23.7 Å². The van der Waals surface area contributed by atoms with E-state index in [1.165, 1.54) is 0 Å². The molecule has 1 fully saturated rings. The predicted octanol–water partition coefficient (Wildman–Crippen LogP) is 1.61. The van der Waals surface area contributed by atoms with Crippen molar-refractivity contribution in [3.05, 3.63) is 29.3 Å². The van der Waals surface area contributed by atoms with E-state index in [4.69, 9.17) is 11.6 Å². The third-order valence-electron chi connectivity index (χ3n) is 2.58. The van der Waals surface area contributed by atoms with Crippen LogP contribution in [0, 0.1) is 0 Å². The first-order chi connectivity index (χ1) is 7.36. The maximum atomic E-state index is 6.05. The van der Waals surface area contributed by atoms with Gasteiger partial charge in [0.25, 0.3) is 0 Å². The minimum absolute atomic E-state index is 0.785. The highest BCUT2D eigenvalue weighted by atomic mass is 35.5. The van der Waals surface area contributed by atoms with Gasteiger partial charge in [0.2, 0.25) is 0 Å². The number of para-hydroxylation sites is 1. The summed E-state index contributed by atoms with van der Waals surface area (Å²) >= 11 is 6.05. The zero-order chi connectivity index (χ0) is 10.5. The number of rotatable bonds is 3. The van der Waals surface area contributed by atoms with Crippen LogP contribution >= 0.6 is 11.6 Å². The number of hydrogen-bond acceptors (Lipinski definition) is 3. The quantitative estimate of drug-likeness (QED) is 0.819. The molecule has 1 aliphatic rings. The molecule has 1 aromatic carbocycles. The molecule has 1 aromatic rings. The first-order valence-corrected chi connectivity index (χ1v) is 5.65. The van der Waals surface area contributed by atoms with Crippen LogP contribution in [0.3, 0.4) is 0 Å². The average molecular weight is 226 g/mol. The van der Waals surface area contributed by atoms with Crippen LogP contribution in [0.1, 0.15) is 0 Å². The highest BCUT2D eigenvalue weighted by molar-refractivity contribution is 6.33. The lowest BCUT2D eigenvalue weighted by atomic mass is 10.3. The van der Waals surface area contributed by atoms with Gasteiger partial charge >= 0.3 is 0 Å². The summed E-state index contributed by atoms with van der Waals surface area (Å²) in [4.78, 5) is 2.37. The van der Waals surface area contributed by atoms with Crippen molar-refractivity contribution in [3.8, 4) is 0 Å². The molecule has 0 amide bonds. The van der Waals surface area contributed by atoms with Crippen molar-refractivity contribution in [2.24, 2.45) is 0 Å². The Labute approximate surface area is 95.4 Å². The van der Waals surface area contributed by atoms with E-state index in [-0.39, 0.29) is 0 Å². The number of nitrogens with one attached hydrogen (secondary N) is 2. The molecule has 0 saturated carbocycles. The molecule has 0 unspecified atom stereocenters. The molecule has 1 saturated heterocycles. The normalized spacial score (nSPS) is 17.7. The van der Waals surface area contributed by atoms with Crippen molar-refractivity contribution in [1.82, 2.24) is 10.2 Å². The number of nitrogens with zero attached hydrogens (tertiary/aromatic N) is 1. The second-order valence-corrected chi connectivity index (χ2v) is 4.09. The fourth-order valence-corrected chi connectivity index (χ4v) is 1.87. The Kier molecular flexibility index (Phi) is 3.83. The zero-order valence-corrected chi connectivity index (χ0v) is 9.43. The van der Waals surface area contributed by atoms with E-state index in [0.29, 0.717) is 0 Å². The van der Waals surface area contributed by atoms with Crippen LogP contribution in [0.4, 0.5) is 5.69 Å². The van der Waals surface area contributed by atoms with Crippen LogP contribution in [-0.2, 0) is 0 Å². The molecule has 2 N–H and O–H groups in total. The van der Waals surface area contributed by atoms with Gasteiger partial charge in [-0.15, -0.1) is 0 Å². The van der Waals surface area contributed by atoms with E-state index in [1.54, 1.807) is 0 Å². The first-order valence-electron chi connectivity index (χ1n) is 5.28. The van der Waals surface area contributed by atoms with Gasteiger partial charge in [0.15, 0.2) is 0 Å². The lowest BCUT2D eigenvalue weighted by Gasteiger charge is -2.27. The van der Waals surface area contributed by atoms with Crippen molar-refractivity contribution >= 4 is 17.3 Å². The highest BCUT2D eigenvalue weighted by Gasteiger charge is 2.08. The molecule has 0 aromatic heterocycles. The van der Waals surface area contributed by atoms with Gasteiger partial charge in [-0.3, -0.25) is 4.90 Å². The van der Waals surface area contributed by atoms with Crippen molar-refractivity contribution in [1.29, 1.82) is 0 Å². The standard InChI is InChI=1S/C11H16ClN3/c12-10-3-1-2-4-11(10)14-9-15-7-5-13-6-8-15/h1-4,13-14H,5-9H2. The van der Waals surface area contributed by atoms with E-state index in [9.17, 15) is 0 Å². The molecule has 0 radical (unpaired) electrons. The smallest absolute Gasteiger partial charge is 0.0679 e. The summed E-state index contributed by atoms with van der Waals surface area (Å²) in [5.74, 6) is 0. The lowest BCUT2D eigenvalue weighted by molar-refractivity contribution is 0.256. The van der Waals surface area contributed by atoms with Gasteiger partial charge in [0, 0.05) is 26.2 Å². The maximum Gasteiger partial charge on any atom is 0.0679 e. The molecule has 0 aliphatic carbocycles. The molecule has 4 heteroatoms. The second kappa shape index (κ2) is 5.35. The lowest BCUT2D eigenvalue weighted by Crippen LogP contribution is -2.45. The molecule has 3 nitrogen and oxygen atoms in total. The first kappa shape index (κ1) is 10.7. The van der Waals surface area contributed by atoms with E-state index in [0.717, 1.165) is 43.6 Å². The Morgan fingerprint density at radius 2 is 2.00 bits per heavy atom. The number of benzene rings is 1. The van der Waals surface area contributed by atoms with Crippen LogP contribution in [0.15, 0.2) is 24.3 Å². The zero-order valence-electron chi connectivity index (χ0n) is 8.67. The Morgan fingerprint density at radius 1 is 1.27 bits per heavy atom. The Bertz CT molecular complexity index is 310. The Morgan fingerprint density at radius 3 is 2.73 bits per heavy atom. The number of anilines is 1. The largest absolute Gasteiger partial charge is 0.371 e. The number of piperazine rings is 1. The number of halogens is 1. The Hall–Kier alpha value is -0.770. The minimum atomic E-state index is 0.785. The van der Waals surface area contributed by atoms with Gasteiger partial charge in [-0.25, -0.2) is 0 Å². The predicted molar refractivity (Wildman–Crippen MR) is 64.4 cm³/mol. The van der Waals surface area contributed by atoms with Gasteiger partial charge < -0.3 is 10.6 Å². The summed E-state index contributed by atoms with van der Waals surface area (Å²) in [6.45, 7) is 5.20. The summed E-state index contributed by atoms with van der Waals surface area (Å²) in [5, 5.41) is 7.46. The number of hydrogen-bond donors (Lipinski definition) is 2. The molecular weight excluding hydrogens is 210 g/mol. The van der Waals surface area contributed by atoms with E-state index >= 15 is 0 Å². The SMILES string of the molecule is Clc1ccccc1NCN1CCNCC1. The third kappa shape index (κ3) is 3.09. The molecule has 15 heavy (non-hydrogen) atoms. The van der Waals surface area contributed by atoms with Gasteiger partial charge in [-0.05, 0) is 12.1 Å². The van der Waals surface area contributed by atoms with E-state index in [2.05, 4.69) is 15.5 Å². The van der Waals surface area contributed by atoms with Gasteiger partial charge in [-0.2, -0.15) is 0 Å². The molecule has 2 rings (SSSR count). The van der Waals surface area contributed by atoms with Crippen LogP contribution in [0.2, 0.25) is 5.02 Å². The monoisotopic (exact) mass is 225 g/mol. The fourth-order valence-electron chi connectivity index (χ4n) is 1.67. The van der Waals surface area contributed by atoms with Crippen molar-refractivity contribution in [2.75, 3.05) is 38.2 Å². The van der Waals surface area contributed by atoms with Crippen molar-refractivity contribution in [3.63, 3.8) is 0 Å². The van der Waals surface area contributed by atoms with Crippen molar-refractivity contribution < 1.29 is 0 Å². The fraction of sp³-hybridized carbons (Fsp3) is 0.455. The third-order valence-corrected chi connectivity index (χ3v) is 2.91. The topological polar surface area (TPSA) is 27.3 Å². The summed E-state index contributed by atoms with van der Waals surface area (Å²) in [6.07, 6.45) is 0. The molecule has 0 bridgehead atoms. The summed E-state index contributed by atoms with van der Waals surface area (Å²) in [5.41, 5.74) is 1.01. The van der Waals surface area contributed by atoms with Crippen LogP contribution in [-0.4, -0.2) is 37.7 Å². The van der Waals surface area contributed by atoms with Crippen LogP contribution < -0.4 is 10.6 Å². The summed E-state index contributed by atoms with van der Waals surface area (Å²) in [6, 6.07) is 7.84. The molecule has 1 aliphatic heterocycles. The van der Waals surface area contributed by atoms with E-state index < -0.39 is 0 Å². The van der Waals surface area contributed by atoms with Crippen molar-refractivity contribution in [2.45, 2.75) is 0 Å². The molecule has 0 atom stereocenters. The van der Waals surface area contributed by atoms with Gasteiger partial charge in [0.1, 0.15) is 0 Å². The summed E-state index contributed by atoms with van der Waals surface area (Å²) < 4.78 is 0. The minimum Gasteiger partial charge on any atom is -0.371 e. The Balaban J connectivity index is 1.84. The summed E-state index contributed by atoms with van der Waals surface area (Å²) in [7, 11) is 0. The van der Waals surface area contributed by atoms with Crippen LogP contribution in [0.25, 0.3) is 0 Å². The average Bonchev–Trinajstić information content (AvgIpc) is 2.29. The molecular formula is C11H16ClN3. The van der Waals surface area contributed by atoms with Gasteiger partial charge in [0.05, 0.1) is 17.4 Å². The van der Waals surface area contributed by atoms with Crippen LogP contribution in [0.5, 0.6) is 0 Å².